The van der Waals surface area contributed by atoms with Crippen molar-refractivity contribution in [3.05, 3.63) is 29.0 Å². The molecule has 1 aliphatic heterocycles. The molecular formula is C12H14ClFN2O. The first-order chi connectivity index (χ1) is 8.20. The molecule has 17 heavy (non-hydrogen) atoms. The highest BCUT2D eigenvalue weighted by molar-refractivity contribution is 6.30. The summed E-state index contributed by atoms with van der Waals surface area (Å²) in [5.74, 6) is -0.303. The molecule has 1 atom stereocenters. The summed E-state index contributed by atoms with van der Waals surface area (Å²) >= 11 is 5.73. The maximum Gasteiger partial charge on any atom is 0.169 e. The second-order valence-corrected chi connectivity index (χ2v) is 4.31. The number of ether oxygens (including phenoxy) is 1. The molecule has 0 aliphatic carbocycles. The molecule has 0 radical (unpaired) electrons. The third-order valence-electron chi connectivity index (χ3n) is 2.70. The van der Waals surface area contributed by atoms with Gasteiger partial charge in [0.15, 0.2) is 6.40 Å². The number of benzene rings is 1. The van der Waals surface area contributed by atoms with E-state index in [2.05, 4.69) is 4.99 Å². The fourth-order valence-corrected chi connectivity index (χ4v) is 1.97. The molecule has 0 aromatic heterocycles. The molecule has 0 bridgehead atoms. The van der Waals surface area contributed by atoms with Crippen LogP contribution in [0.25, 0.3) is 0 Å². The standard InChI is InChI=1S/C12H14ClFN2O/c1-2-16(6-10-7-17-8-15-10)12-4-3-9(13)5-11(12)14/h3-5,8,10H,2,6-7H2,1H3. The maximum atomic E-state index is 13.8. The topological polar surface area (TPSA) is 24.8 Å². The van der Waals surface area contributed by atoms with E-state index >= 15 is 0 Å². The molecule has 1 aromatic carbocycles. The number of aliphatic imine (C=N–C) groups is 1. The third kappa shape index (κ3) is 2.88. The van der Waals surface area contributed by atoms with Crippen LogP contribution in [0.15, 0.2) is 23.2 Å². The number of rotatable bonds is 4. The van der Waals surface area contributed by atoms with Gasteiger partial charge in [-0.1, -0.05) is 11.6 Å². The first-order valence-electron chi connectivity index (χ1n) is 5.54. The van der Waals surface area contributed by atoms with E-state index in [1.165, 1.54) is 12.5 Å². The molecule has 1 unspecified atom stereocenters. The minimum absolute atomic E-state index is 0.0741. The predicted molar refractivity (Wildman–Crippen MR) is 67.5 cm³/mol. The van der Waals surface area contributed by atoms with Crippen LogP contribution in [0.5, 0.6) is 0 Å². The Kier molecular flexibility index (Phi) is 3.84. The van der Waals surface area contributed by atoms with Crippen molar-refractivity contribution >= 4 is 23.7 Å². The Morgan fingerprint density at radius 1 is 1.59 bits per heavy atom. The zero-order valence-corrected chi connectivity index (χ0v) is 10.3. The van der Waals surface area contributed by atoms with Crippen molar-refractivity contribution < 1.29 is 9.13 Å². The maximum absolute atomic E-state index is 13.8. The van der Waals surface area contributed by atoms with Crippen molar-refractivity contribution in [2.24, 2.45) is 4.99 Å². The summed E-state index contributed by atoms with van der Waals surface area (Å²) in [5, 5.41) is 0.407. The van der Waals surface area contributed by atoms with Crippen molar-refractivity contribution in [2.45, 2.75) is 13.0 Å². The molecular weight excluding hydrogens is 243 g/mol. The molecule has 0 saturated carbocycles. The summed E-state index contributed by atoms with van der Waals surface area (Å²) in [6.45, 7) is 3.90. The van der Waals surface area contributed by atoms with E-state index in [-0.39, 0.29) is 11.9 Å². The van der Waals surface area contributed by atoms with Crippen LogP contribution in [0.3, 0.4) is 0 Å². The zero-order valence-electron chi connectivity index (χ0n) is 9.57. The van der Waals surface area contributed by atoms with Gasteiger partial charge in [-0.05, 0) is 25.1 Å². The minimum atomic E-state index is -0.303. The second kappa shape index (κ2) is 5.36. The number of halogens is 2. The summed E-state index contributed by atoms with van der Waals surface area (Å²) in [5.41, 5.74) is 0.555. The highest BCUT2D eigenvalue weighted by Gasteiger charge is 2.18. The van der Waals surface area contributed by atoms with E-state index in [9.17, 15) is 4.39 Å². The van der Waals surface area contributed by atoms with Gasteiger partial charge >= 0.3 is 0 Å². The van der Waals surface area contributed by atoms with Gasteiger partial charge in [-0.15, -0.1) is 0 Å². The van der Waals surface area contributed by atoms with Gasteiger partial charge in [0, 0.05) is 18.1 Å². The van der Waals surface area contributed by atoms with Gasteiger partial charge < -0.3 is 9.64 Å². The normalized spacial score (nSPS) is 18.2. The van der Waals surface area contributed by atoms with E-state index in [1.807, 2.05) is 11.8 Å². The molecule has 1 aromatic rings. The lowest BCUT2D eigenvalue weighted by Gasteiger charge is -2.25. The SMILES string of the molecule is CCN(CC1COC=N1)c1ccc(Cl)cc1F. The van der Waals surface area contributed by atoms with Crippen LogP contribution in [-0.2, 0) is 4.74 Å². The van der Waals surface area contributed by atoms with Crippen molar-refractivity contribution in [3.8, 4) is 0 Å². The van der Waals surface area contributed by atoms with Gasteiger partial charge in [0.25, 0.3) is 0 Å². The Morgan fingerprint density at radius 2 is 2.41 bits per heavy atom. The van der Waals surface area contributed by atoms with E-state index in [0.717, 1.165) is 0 Å². The van der Waals surface area contributed by atoms with E-state index in [1.54, 1.807) is 12.1 Å². The summed E-state index contributed by atoms with van der Waals surface area (Å²) in [7, 11) is 0. The molecule has 3 nitrogen and oxygen atoms in total. The monoisotopic (exact) mass is 256 g/mol. The summed E-state index contributed by atoms with van der Waals surface area (Å²) in [6, 6.07) is 4.79. The van der Waals surface area contributed by atoms with E-state index < -0.39 is 0 Å². The molecule has 1 aliphatic rings. The number of hydrogen-bond acceptors (Lipinski definition) is 3. The third-order valence-corrected chi connectivity index (χ3v) is 2.93. The molecule has 0 saturated heterocycles. The largest absolute Gasteiger partial charge is 0.481 e. The van der Waals surface area contributed by atoms with Gasteiger partial charge in [0.2, 0.25) is 0 Å². The lowest BCUT2D eigenvalue weighted by molar-refractivity contribution is 0.328. The summed E-state index contributed by atoms with van der Waals surface area (Å²) in [4.78, 5) is 6.09. The highest BCUT2D eigenvalue weighted by Crippen LogP contribution is 2.23. The van der Waals surface area contributed by atoms with Crippen LogP contribution in [0.2, 0.25) is 5.02 Å². The van der Waals surface area contributed by atoms with Gasteiger partial charge in [-0.2, -0.15) is 0 Å². The Balaban J connectivity index is 2.13. The van der Waals surface area contributed by atoms with Crippen LogP contribution in [0.4, 0.5) is 10.1 Å². The molecule has 2 rings (SSSR count). The van der Waals surface area contributed by atoms with Crippen molar-refractivity contribution in [1.29, 1.82) is 0 Å². The molecule has 92 valence electrons. The first kappa shape index (κ1) is 12.2. The van der Waals surface area contributed by atoms with Crippen molar-refractivity contribution in [3.63, 3.8) is 0 Å². The number of likely N-dealkylation sites (N-methyl/N-ethyl adjacent to an activating group) is 1. The summed E-state index contributed by atoms with van der Waals surface area (Å²) < 4.78 is 18.8. The average molecular weight is 257 g/mol. The molecule has 5 heteroatoms. The molecule has 0 N–H and O–H groups in total. The predicted octanol–water partition coefficient (Wildman–Crippen LogP) is 2.73. The van der Waals surface area contributed by atoms with Gasteiger partial charge in [0.05, 0.1) is 5.69 Å². The van der Waals surface area contributed by atoms with Crippen LogP contribution in [-0.4, -0.2) is 32.1 Å². The molecule has 1 heterocycles. The van der Waals surface area contributed by atoms with Crippen LogP contribution in [0, 0.1) is 5.82 Å². The van der Waals surface area contributed by atoms with Crippen LogP contribution in [0.1, 0.15) is 6.92 Å². The zero-order chi connectivity index (χ0) is 12.3. The second-order valence-electron chi connectivity index (χ2n) is 3.88. The Labute approximate surface area is 105 Å². The van der Waals surface area contributed by atoms with E-state index in [4.69, 9.17) is 16.3 Å². The minimum Gasteiger partial charge on any atom is -0.481 e. The fourth-order valence-electron chi connectivity index (χ4n) is 1.82. The average Bonchev–Trinajstić information content (AvgIpc) is 2.79. The van der Waals surface area contributed by atoms with Gasteiger partial charge in [0.1, 0.15) is 18.5 Å². The number of nitrogens with zero attached hydrogens (tertiary/aromatic N) is 2. The molecule has 0 spiro atoms. The van der Waals surface area contributed by atoms with Crippen molar-refractivity contribution in [1.82, 2.24) is 0 Å². The number of hydrogen-bond donors (Lipinski definition) is 0. The Morgan fingerprint density at radius 3 is 3.00 bits per heavy atom. The van der Waals surface area contributed by atoms with Crippen LogP contribution >= 0.6 is 11.6 Å². The Hall–Kier alpha value is -1.29. The van der Waals surface area contributed by atoms with E-state index in [0.29, 0.717) is 30.4 Å². The lowest BCUT2D eigenvalue weighted by atomic mass is 10.2. The van der Waals surface area contributed by atoms with Gasteiger partial charge in [-0.3, -0.25) is 0 Å². The fraction of sp³-hybridized carbons (Fsp3) is 0.417. The molecule has 0 amide bonds. The Bertz CT molecular complexity index is 425. The van der Waals surface area contributed by atoms with Gasteiger partial charge in [-0.25, -0.2) is 9.38 Å². The first-order valence-corrected chi connectivity index (χ1v) is 5.91. The summed E-state index contributed by atoms with van der Waals surface area (Å²) in [6.07, 6.45) is 1.46. The quantitative estimate of drug-likeness (QED) is 0.828. The molecule has 0 fully saturated rings. The lowest BCUT2D eigenvalue weighted by Crippen LogP contribution is -2.32. The van der Waals surface area contributed by atoms with Crippen molar-refractivity contribution in [2.75, 3.05) is 24.6 Å². The smallest absolute Gasteiger partial charge is 0.169 e. The highest BCUT2D eigenvalue weighted by atomic mass is 35.5. The van der Waals surface area contributed by atoms with Crippen LogP contribution < -0.4 is 4.90 Å². The number of anilines is 1.